The Morgan fingerprint density at radius 3 is 2.64 bits per heavy atom. The highest BCUT2D eigenvalue weighted by Gasteiger charge is 2.41. The predicted molar refractivity (Wildman–Crippen MR) is 61.0 cm³/mol. The maximum absolute atomic E-state index is 5.35. The Balaban J connectivity index is 1.80. The predicted octanol–water partition coefficient (Wildman–Crippen LogP) is 1.13. The molecule has 0 aliphatic heterocycles. The molecule has 1 aliphatic rings. The minimum absolute atomic E-state index is 0.562. The van der Waals surface area contributed by atoms with Gasteiger partial charge in [0, 0.05) is 24.9 Å². The summed E-state index contributed by atoms with van der Waals surface area (Å²) in [5.41, 5.74) is 0. The Morgan fingerprint density at radius 1 is 1.29 bits per heavy atom. The molecule has 84 valence electrons. The summed E-state index contributed by atoms with van der Waals surface area (Å²) in [7, 11) is 1.69. The second kappa shape index (κ2) is 6.67. The van der Waals surface area contributed by atoms with Gasteiger partial charge < -0.3 is 14.8 Å². The van der Waals surface area contributed by atoms with Crippen LogP contribution in [0.3, 0.4) is 0 Å². The molecule has 0 aromatic heterocycles. The number of methoxy groups -OCH3 is 1. The van der Waals surface area contributed by atoms with E-state index >= 15 is 0 Å². The fraction of sp³-hybridized carbons (Fsp3) is 1.00. The third kappa shape index (κ3) is 4.64. The lowest BCUT2D eigenvalue weighted by molar-refractivity contribution is 0.0720. The van der Waals surface area contributed by atoms with Crippen LogP contribution in [0.25, 0.3) is 0 Å². The van der Waals surface area contributed by atoms with Crippen molar-refractivity contribution in [2.75, 3.05) is 46.3 Å². The molecule has 4 heteroatoms. The van der Waals surface area contributed by atoms with Crippen LogP contribution in [0.2, 0.25) is 0 Å². The maximum Gasteiger partial charge on any atom is 0.0700 e. The fourth-order valence-corrected chi connectivity index (χ4v) is 2.05. The van der Waals surface area contributed by atoms with Crippen LogP contribution in [0, 0.1) is 0 Å². The lowest BCUT2D eigenvalue weighted by Gasteiger charge is -2.12. The van der Waals surface area contributed by atoms with Crippen LogP contribution < -0.4 is 5.32 Å². The smallest absolute Gasteiger partial charge is 0.0700 e. The van der Waals surface area contributed by atoms with Crippen molar-refractivity contribution in [1.82, 2.24) is 5.32 Å². The summed E-state index contributed by atoms with van der Waals surface area (Å²) in [6, 6.07) is 0. The fourth-order valence-electron chi connectivity index (χ4n) is 1.30. The molecule has 3 nitrogen and oxygen atoms in total. The van der Waals surface area contributed by atoms with Crippen molar-refractivity contribution in [2.45, 2.75) is 17.6 Å². The number of hydrogen-bond acceptors (Lipinski definition) is 4. The van der Waals surface area contributed by atoms with Crippen LogP contribution >= 0.6 is 11.8 Å². The van der Waals surface area contributed by atoms with E-state index in [1.165, 1.54) is 12.8 Å². The van der Waals surface area contributed by atoms with E-state index in [4.69, 9.17) is 9.47 Å². The van der Waals surface area contributed by atoms with Crippen LogP contribution in [0.1, 0.15) is 12.8 Å². The highest BCUT2D eigenvalue weighted by molar-refractivity contribution is 8.00. The molecular formula is C10H21NO2S. The summed E-state index contributed by atoms with van der Waals surface area (Å²) in [5.74, 6) is 0. The Bertz CT molecular complexity index is 151. The van der Waals surface area contributed by atoms with E-state index in [2.05, 4.69) is 11.6 Å². The topological polar surface area (TPSA) is 30.5 Å². The van der Waals surface area contributed by atoms with E-state index in [-0.39, 0.29) is 0 Å². The normalized spacial score (nSPS) is 18.4. The van der Waals surface area contributed by atoms with Crippen molar-refractivity contribution in [3.63, 3.8) is 0 Å². The van der Waals surface area contributed by atoms with Crippen LogP contribution in [0.4, 0.5) is 0 Å². The first-order chi connectivity index (χ1) is 6.83. The second-order valence-corrected chi connectivity index (χ2v) is 4.94. The zero-order valence-corrected chi connectivity index (χ0v) is 9.99. The van der Waals surface area contributed by atoms with Crippen LogP contribution in [-0.2, 0) is 9.47 Å². The van der Waals surface area contributed by atoms with E-state index in [0.717, 1.165) is 19.7 Å². The standard InChI is InChI=1S/C10H21NO2S/c1-12-7-8-13-6-5-11-9-10(14-2)3-4-10/h11H,3-9H2,1-2H3. The summed E-state index contributed by atoms with van der Waals surface area (Å²) in [6.07, 6.45) is 4.93. The van der Waals surface area contributed by atoms with Crippen LogP contribution in [0.15, 0.2) is 0 Å². The highest BCUT2D eigenvalue weighted by Crippen LogP contribution is 2.46. The molecule has 0 bridgehead atoms. The SMILES string of the molecule is COCCOCCNCC1(SC)CC1. The van der Waals surface area contributed by atoms with E-state index in [1.807, 2.05) is 11.8 Å². The van der Waals surface area contributed by atoms with Crippen molar-refractivity contribution >= 4 is 11.8 Å². The van der Waals surface area contributed by atoms with Crippen molar-refractivity contribution in [3.05, 3.63) is 0 Å². The van der Waals surface area contributed by atoms with Gasteiger partial charge in [-0.1, -0.05) is 0 Å². The average molecular weight is 219 g/mol. The van der Waals surface area contributed by atoms with Gasteiger partial charge >= 0.3 is 0 Å². The number of ether oxygens (including phenoxy) is 2. The number of rotatable bonds is 9. The molecule has 14 heavy (non-hydrogen) atoms. The maximum atomic E-state index is 5.35. The third-order valence-electron chi connectivity index (χ3n) is 2.54. The number of thioether (sulfide) groups is 1. The Labute approximate surface area is 90.9 Å². The minimum Gasteiger partial charge on any atom is -0.382 e. The number of hydrogen-bond donors (Lipinski definition) is 1. The van der Waals surface area contributed by atoms with Gasteiger partial charge in [-0.3, -0.25) is 0 Å². The Kier molecular flexibility index (Phi) is 5.86. The molecule has 1 saturated carbocycles. The second-order valence-electron chi connectivity index (χ2n) is 3.67. The molecule has 0 spiro atoms. The molecule has 0 aromatic carbocycles. The van der Waals surface area contributed by atoms with Crippen LogP contribution in [0.5, 0.6) is 0 Å². The van der Waals surface area contributed by atoms with E-state index in [1.54, 1.807) is 7.11 Å². The highest BCUT2D eigenvalue weighted by atomic mass is 32.2. The zero-order chi connectivity index (χ0) is 10.3. The van der Waals surface area contributed by atoms with Gasteiger partial charge in [-0.05, 0) is 19.1 Å². The van der Waals surface area contributed by atoms with E-state index < -0.39 is 0 Å². The molecule has 1 N–H and O–H groups in total. The summed E-state index contributed by atoms with van der Waals surface area (Å²) < 4.78 is 10.8. The van der Waals surface area contributed by atoms with Gasteiger partial charge in [0.2, 0.25) is 0 Å². The van der Waals surface area contributed by atoms with Crippen molar-refractivity contribution in [3.8, 4) is 0 Å². The molecule has 0 atom stereocenters. The molecule has 0 heterocycles. The van der Waals surface area contributed by atoms with Gasteiger partial charge in [0.1, 0.15) is 0 Å². The minimum atomic E-state index is 0.562. The molecular weight excluding hydrogens is 198 g/mol. The molecule has 0 amide bonds. The lowest BCUT2D eigenvalue weighted by atomic mass is 10.4. The van der Waals surface area contributed by atoms with E-state index in [9.17, 15) is 0 Å². The van der Waals surface area contributed by atoms with Gasteiger partial charge in [-0.2, -0.15) is 11.8 Å². The first-order valence-electron chi connectivity index (χ1n) is 5.15. The van der Waals surface area contributed by atoms with Gasteiger partial charge in [-0.25, -0.2) is 0 Å². The average Bonchev–Trinajstić information content (AvgIpc) is 2.98. The molecule has 0 saturated heterocycles. The summed E-state index contributed by atoms with van der Waals surface area (Å²) >= 11 is 1.99. The van der Waals surface area contributed by atoms with Gasteiger partial charge in [0.25, 0.3) is 0 Å². The van der Waals surface area contributed by atoms with Crippen molar-refractivity contribution < 1.29 is 9.47 Å². The van der Waals surface area contributed by atoms with E-state index in [0.29, 0.717) is 18.0 Å². The summed E-state index contributed by atoms with van der Waals surface area (Å²) in [5, 5.41) is 3.43. The van der Waals surface area contributed by atoms with Crippen molar-refractivity contribution in [2.24, 2.45) is 0 Å². The lowest BCUT2D eigenvalue weighted by Crippen LogP contribution is -2.29. The third-order valence-corrected chi connectivity index (χ3v) is 3.96. The number of nitrogens with one attached hydrogen (secondary N) is 1. The van der Waals surface area contributed by atoms with Crippen LogP contribution in [-0.4, -0.2) is 51.0 Å². The van der Waals surface area contributed by atoms with Gasteiger partial charge in [-0.15, -0.1) is 0 Å². The Morgan fingerprint density at radius 2 is 2.07 bits per heavy atom. The van der Waals surface area contributed by atoms with Crippen molar-refractivity contribution in [1.29, 1.82) is 0 Å². The Hall–Kier alpha value is 0.230. The molecule has 0 radical (unpaired) electrons. The molecule has 1 rings (SSSR count). The zero-order valence-electron chi connectivity index (χ0n) is 9.17. The van der Waals surface area contributed by atoms with Gasteiger partial charge in [0.15, 0.2) is 0 Å². The molecule has 1 aliphatic carbocycles. The quantitative estimate of drug-likeness (QED) is 0.589. The largest absolute Gasteiger partial charge is 0.382 e. The summed E-state index contributed by atoms with van der Waals surface area (Å²) in [6.45, 7) is 4.25. The summed E-state index contributed by atoms with van der Waals surface area (Å²) in [4.78, 5) is 0. The molecule has 0 aromatic rings. The monoisotopic (exact) mass is 219 g/mol. The molecule has 1 fully saturated rings. The molecule has 0 unspecified atom stereocenters. The first kappa shape index (κ1) is 12.3. The first-order valence-corrected chi connectivity index (χ1v) is 6.38. The van der Waals surface area contributed by atoms with Gasteiger partial charge in [0.05, 0.1) is 19.8 Å².